The molecular formula is C21H27N3O2. The summed E-state index contributed by atoms with van der Waals surface area (Å²) in [6.45, 7) is 4.17. The van der Waals surface area contributed by atoms with E-state index in [-0.39, 0.29) is 12.0 Å². The molecule has 0 spiro atoms. The lowest BCUT2D eigenvalue weighted by Gasteiger charge is -2.28. The molecular weight excluding hydrogens is 326 g/mol. The maximum Gasteiger partial charge on any atom is 0.224 e. The largest absolute Gasteiger partial charge is 0.474 e. The lowest BCUT2D eigenvalue weighted by molar-refractivity contribution is -0.116. The summed E-state index contributed by atoms with van der Waals surface area (Å²) in [6.07, 6.45) is 5.13. The smallest absolute Gasteiger partial charge is 0.224 e. The van der Waals surface area contributed by atoms with Gasteiger partial charge < -0.3 is 15.0 Å². The molecule has 1 amide bonds. The molecule has 26 heavy (non-hydrogen) atoms. The summed E-state index contributed by atoms with van der Waals surface area (Å²) >= 11 is 0. The number of anilines is 1. The van der Waals surface area contributed by atoms with Gasteiger partial charge >= 0.3 is 0 Å². The molecule has 0 saturated carbocycles. The Morgan fingerprint density at radius 2 is 1.92 bits per heavy atom. The molecule has 1 saturated heterocycles. The maximum absolute atomic E-state index is 12.1. The summed E-state index contributed by atoms with van der Waals surface area (Å²) < 4.78 is 5.93. The molecule has 1 aromatic carbocycles. The van der Waals surface area contributed by atoms with Crippen molar-refractivity contribution in [3.05, 3.63) is 53.7 Å². The van der Waals surface area contributed by atoms with Crippen molar-refractivity contribution < 1.29 is 9.53 Å². The molecule has 138 valence electrons. The highest BCUT2D eigenvalue weighted by atomic mass is 16.5. The number of nitrogens with one attached hydrogen (secondary N) is 1. The van der Waals surface area contributed by atoms with E-state index in [0.717, 1.165) is 32.4 Å². The standard InChI is InChI=1S/C21H27N3O2/c1-16-3-5-17(6-4-16)7-9-20(25)23-18-8-10-21(22-15-18)26-19-11-13-24(2)14-12-19/h3-6,8,10,15,19H,7,9,11-14H2,1-2H3,(H,23,25). The Bertz CT molecular complexity index is 705. The molecule has 1 aliphatic heterocycles. The van der Waals surface area contributed by atoms with Crippen LogP contribution in [0.3, 0.4) is 0 Å². The Kier molecular flexibility index (Phi) is 6.23. The van der Waals surface area contributed by atoms with Crippen molar-refractivity contribution in [2.45, 2.75) is 38.7 Å². The van der Waals surface area contributed by atoms with Crippen LogP contribution >= 0.6 is 0 Å². The first-order valence-electron chi connectivity index (χ1n) is 9.25. The molecule has 2 aromatic rings. The second kappa shape index (κ2) is 8.81. The molecule has 0 unspecified atom stereocenters. The van der Waals surface area contributed by atoms with Gasteiger partial charge in [0.25, 0.3) is 0 Å². The monoisotopic (exact) mass is 353 g/mol. The Morgan fingerprint density at radius 3 is 2.58 bits per heavy atom. The molecule has 3 rings (SSSR count). The summed E-state index contributed by atoms with van der Waals surface area (Å²) in [7, 11) is 2.13. The molecule has 1 N–H and O–H groups in total. The van der Waals surface area contributed by atoms with Gasteiger partial charge in [0.2, 0.25) is 11.8 Å². The number of hydrogen-bond donors (Lipinski definition) is 1. The van der Waals surface area contributed by atoms with Crippen molar-refractivity contribution in [3.8, 4) is 5.88 Å². The number of amides is 1. The molecule has 2 heterocycles. The molecule has 0 bridgehead atoms. The van der Waals surface area contributed by atoms with E-state index < -0.39 is 0 Å². The fourth-order valence-electron chi connectivity index (χ4n) is 3.03. The lowest BCUT2D eigenvalue weighted by Crippen LogP contribution is -2.35. The van der Waals surface area contributed by atoms with Gasteiger partial charge in [-0.2, -0.15) is 0 Å². The number of carbonyl (C=O) groups excluding carboxylic acids is 1. The van der Waals surface area contributed by atoms with Crippen LogP contribution < -0.4 is 10.1 Å². The highest BCUT2D eigenvalue weighted by Crippen LogP contribution is 2.18. The van der Waals surface area contributed by atoms with Crippen LogP contribution in [0.5, 0.6) is 5.88 Å². The quantitative estimate of drug-likeness (QED) is 0.864. The molecule has 1 fully saturated rings. The number of likely N-dealkylation sites (tertiary alicyclic amines) is 1. The fourth-order valence-corrected chi connectivity index (χ4v) is 3.03. The second-order valence-electron chi connectivity index (χ2n) is 7.04. The number of piperidine rings is 1. The lowest BCUT2D eigenvalue weighted by atomic mass is 10.1. The SMILES string of the molecule is Cc1ccc(CCC(=O)Nc2ccc(OC3CCN(C)CC3)nc2)cc1. The Balaban J connectivity index is 1.44. The molecule has 1 aliphatic rings. The third-order valence-corrected chi connectivity index (χ3v) is 4.73. The first-order chi connectivity index (χ1) is 12.6. The molecule has 0 aliphatic carbocycles. The predicted octanol–water partition coefficient (Wildman–Crippen LogP) is 3.43. The number of aryl methyl sites for hydroxylation is 2. The predicted molar refractivity (Wildman–Crippen MR) is 104 cm³/mol. The van der Waals surface area contributed by atoms with Gasteiger partial charge in [0.05, 0.1) is 11.9 Å². The van der Waals surface area contributed by atoms with E-state index in [2.05, 4.69) is 53.4 Å². The van der Waals surface area contributed by atoms with Crippen LogP contribution in [-0.4, -0.2) is 42.0 Å². The minimum atomic E-state index is -0.00337. The van der Waals surface area contributed by atoms with Crippen LogP contribution in [0.2, 0.25) is 0 Å². The molecule has 5 nitrogen and oxygen atoms in total. The van der Waals surface area contributed by atoms with Gasteiger partial charge in [-0.15, -0.1) is 0 Å². The number of aromatic nitrogens is 1. The van der Waals surface area contributed by atoms with Crippen LogP contribution in [0.15, 0.2) is 42.6 Å². The minimum absolute atomic E-state index is 0.00337. The van der Waals surface area contributed by atoms with Crippen molar-refractivity contribution >= 4 is 11.6 Å². The van der Waals surface area contributed by atoms with Crippen molar-refractivity contribution in [2.24, 2.45) is 0 Å². The minimum Gasteiger partial charge on any atom is -0.474 e. The first-order valence-corrected chi connectivity index (χ1v) is 9.25. The van der Waals surface area contributed by atoms with Crippen LogP contribution in [0.25, 0.3) is 0 Å². The third-order valence-electron chi connectivity index (χ3n) is 4.73. The summed E-state index contributed by atoms with van der Waals surface area (Å²) in [5, 5.41) is 2.90. The van der Waals surface area contributed by atoms with E-state index in [1.807, 2.05) is 12.1 Å². The zero-order valence-electron chi connectivity index (χ0n) is 15.6. The van der Waals surface area contributed by atoms with E-state index in [9.17, 15) is 4.79 Å². The van der Waals surface area contributed by atoms with E-state index >= 15 is 0 Å². The first kappa shape index (κ1) is 18.4. The average Bonchev–Trinajstić information content (AvgIpc) is 2.65. The van der Waals surface area contributed by atoms with E-state index in [4.69, 9.17) is 4.74 Å². The van der Waals surface area contributed by atoms with Gasteiger partial charge in [-0.05, 0) is 44.9 Å². The van der Waals surface area contributed by atoms with Gasteiger partial charge in [0.15, 0.2) is 0 Å². The normalized spacial score (nSPS) is 15.6. The van der Waals surface area contributed by atoms with E-state index in [1.54, 1.807) is 6.20 Å². The fraction of sp³-hybridized carbons (Fsp3) is 0.429. The number of nitrogens with zero attached hydrogens (tertiary/aromatic N) is 2. The van der Waals surface area contributed by atoms with Gasteiger partial charge in [-0.3, -0.25) is 4.79 Å². The topological polar surface area (TPSA) is 54.5 Å². The summed E-state index contributed by atoms with van der Waals surface area (Å²) in [5.41, 5.74) is 3.10. The van der Waals surface area contributed by atoms with Gasteiger partial charge in [0.1, 0.15) is 6.10 Å². The van der Waals surface area contributed by atoms with Crippen molar-refractivity contribution in [2.75, 3.05) is 25.5 Å². The summed E-state index contributed by atoms with van der Waals surface area (Å²) in [5.74, 6) is 0.619. The van der Waals surface area contributed by atoms with E-state index in [1.165, 1.54) is 11.1 Å². The van der Waals surface area contributed by atoms with E-state index in [0.29, 0.717) is 18.0 Å². The van der Waals surface area contributed by atoms with Crippen LogP contribution in [0, 0.1) is 6.92 Å². The zero-order valence-corrected chi connectivity index (χ0v) is 15.6. The Labute approximate surface area is 155 Å². The number of ether oxygens (including phenoxy) is 1. The van der Waals surface area contributed by atoms with Crippen LogP contribution in [0.4, 0.5) is 5.69 Å². The van der Waals surface area contributed by atoms with Crippen LogP contribution in [0.1, 0.15) is 30.4 Å². The number of benzene rings is 1. The Hall–Kier alpha value is -2.40. The summed E-state index contributed by atoms with van der Waals surface area (Å²) in [4.78, 5) is 18.7. The second-order valence-corrected chi connectivity index (χ2v) is 7.04. The Morgan fingerprint density at radius 1 is 1.19 bits per heavy atom. The summed E-state index contributed by atoms with van der Waals surface area (Å²) in [6, 6.07) is 12.0. The average molecular weight is 353 g/mol. The molecule has 5 heteroatoms. The van der Waals surface area contributed by atoms with Gasteiger partial charge in [-0.25, -0.2) is 4.98 Å². The number of hydrogen-bond acceptors (Lipinski definition) is 4. The highest BCUT2D eigenvalue weighted by Gasteiger charge is 2.18. The molecule has 0 radical (unpaired) electrons. The number of carbonyl (C=O) groups is 1. The van der Waals surface area contributed by atoms with Gasteiger partial charge in [0, 0.05) is 25.6 Å². The third kappa shape index (κ3) is 5.56. The van der Waals surface area contributed by atoms with Crippen LogP contribution in [-0.2, 0) is 11.2 Å². The number of pyridine rings is 1. The number of rotatable bonds is 6. The van der Waals surface area contributed by atoms with Crippen molar-refractivity contribution in [3.63, 3.8) is 0 Å². The maximum atomic E-state index is 12.1. The van der Waals surface area contributed by atoms with Crippen molar-refractivity contribution in [1.29, 1.82) is 0 Å². The van der Waals surface area contributed by atoms with Gasteiger partial charge in [-0.1, -0.05) is 29.8 Å². The highest BCUT2D eigenvalue weighted by molar-refractivity contribution is 5.90. The van der Waals surface area contributed by atoms with Crippen molar-refractivity contribution in [1.82, 2.24) is 9.88 Å². The molecule has 1 aromatic heterocycles. The zero-order chi connectivity index (χ0) is 18.4. The molecule has 0 atom stereocenters.